The van der Waals surface area contributed by atoms with E-state index in [2.05, 4.69) is 0 Å². The molecule has 0 radical (unpaired) electrons. The second kappa shape index (κ2) is 4.47. The van der Waals surface area contributed by atoms with Crippen LogP contribution in [0.25, 0.3) is 0 Å². The van der Waals surface area contributed by atoms with Gasteiger partial charge in [0.1, 0.15) is 5.82 Å². The number of likely N-dealkylation sites (tertiary alicyclic amines) is 1. The topological polar surface area (TPSA) is 60.9 Å². The van der Waals surface area contributed by atoms with Crippen LogP contribution in [0, 0.1) is 5.82 Å². The fourth-order valence-electron chi connectivity index (χ4n) is 3.19. The summed E-state index contributed by atoms with van der Waals surface area (Å²) >= 11 is 0. The maximum absolute atomic E-state index is 13.8. The molecule has 0 aromatic heterocycles. The van der Waals surface area contributed by atoms with Crippen molar-refractivity contribution in [2.45, 2.75) is 25.4 Å². The fraction of sp³-hybridized carbons (Fsp3) is 0.429. The number of ketones is 1. The zero-order valence-corrected chi connectivity index (χ0v) is 11.0. The van der Waals surface area contributed by atoms with Crippen molar-refractivity contribution in [3.63, 3.8) is 0 Å². The highest BCUT2D eigenvalue weighted by Gasteiger charge is 2.45. The van der Waals surface area contributed by atoms with Crippen LogP contribution < -0.4 is 4.90 Å². The van der Waals surface area contributed by atoms with E-state index in [1.165, 1.54) is 24.0 Å². The standard InChI is InChI=1S/C14H15FN2O3/c1-8(18)12-3-2-9(5-13(12)15)16-6-11-4-10(16)7-17(11)14(19)20/h2-3,5,10-11H,4,6-7H2,1H3,(H,19,20)/t10-,11-/m0/s1. The van der Waals surface area contributed by atoms with Crippen molar-refractivity contribution in [2.75, 3.05) is 18.0 Å². The van der Waals surface area contributed by atoms with E-state index in [1.807, 2.05) is 4.90 Å². The number of anilines is 1. The molecule has 2 atom stereocenters. The molecule has 0 saturated carbocycles. The SMILES string of the molecule is CC(=O)c1ccc(N2C[C@@H]3C[C@H]2CN3C(=O)O)cc1F. The van der Waals surface area contributed by atoms with Gasteiger partial charge in [-0.2, -0.15) is 0 Å². The fourth-order valence-corrected chi connectivity index (χ4v) is 3.19. The number of carbonyl (C=O) groups excluding carboxylic acids is 1. The number of carboxylic acid groups (broad SMARTS) is 1. The van der Waals surface area contributed by atoms with Gasteiger partial charge in [-0.15, -0.1) is 0 Å². The number of hydrogen-bond acceptors (Lipinski definition) is 3. The van der Waals surface area contributed by atoms with Crippen LogP contribution in [0.5, 0.6) is 0 Å². The first kappa shape index (κ1) is 12.9. The van der Waals surface area contributed by atoms with E-state index in [9.17, 15) is 14.0 Å². The van der Waals surface area contributed by atoms with Gasteiger partial charge in [-0.3, -0.25) is 4.79 Å². The molecule has 6 heteroatoms. The number of Topliss-reactive ketones (excluding diaryl/α,β-unsaturated/α-hetero) is 1. The molecule has 2 saturated heterocycles. The summed E-state index contributed by atoms with van der Waals surface area (Å²) in [5.41, 5.74) is 0.801. The maximum Gasteiger partial charge on any atom is 0.407 e. The van der Waals surface area contributed by atoms with Crippen molar-refractivity contribution in [2.24, 2.45) is 0 Å². The van der Waals surface area contributed by atoms with Crippen molar-refractivity contribution in [1.29, 1.82) is 0 Å². The molecule has 0 spiro atoms. The zero-order valence-electron chi connectivity index (χ0n) is 11.0. The third-order valence-corrected chi connectivity index (χ3v) is 4.15. The lowest BCUT2D eigenvalue weighted by atomic mass is 10.1. The Morgan fingerprint density at radius 1 is 1.30 bits per heavy atom. The highest BCUT2D eigenvalue weighted by atomic mass is 19.1. The van der Waals surface area contributed by atoms with Gasteiger partial charge in [-0.05, 0) is 31.5 Å². The van der Waals surface area contributed by atoms with Crippen molar-refractivity contribution >= 4 is 17.6 Å². The third kappa shape index (κ3) is 1.92. The lowest BCUT2D eigenvalue weighted by molar-refractivity contribution is 0.101. The van der Waals surface area contributed by atoms with Crippen molar-refractivity contribution in [3.05, 3.63) is 29.6 Å². The van der Waals surface area contributed by atoms with E-state index in [0.29, 0.717) is 18.8 Å². The molecular formula is C14H15FN2O3. The second-order valence-electron chi connectivity index (χ2n) is 5.35. The molecule has 0 unspecified atom stereocenters. The van der Waals surface area contributed by atoms with Gasteiger partial charge in [0.15, 0.2) is 5.78 Å². The van der Waals surface area contributed by atoms with E-state index >= 15 is 0 Å². The molecule has 0 aliphatic carbocycles. The Balaban J connectivity index is 1.82. The Hall–Kier alpha value is -2.11. The Labute approximate surface area is 115 Å². The molecule has 106 valence electrons. The van der Waals surface area contributed by atoms with Crippen LogP contribution in [-0.2, 0) is 0 Å². The number of carbonyl (C=O) groups is 2. The Bertz CT molecular complexity index is 590. The normalized spacial score (nSPS) is 24.3. The monoisotopic (exact) mass is 278 g/mol. The van der Waals surface area contributed by atoms with Crippen LogP contribution >= 0.6 is 0 Å². The molecule has 5 nitrogen and oxygen atoms in total. The van der Waals surface area contributed by atoms with Crippen LogP contribution in [0.15, 0.2) is 18.2 Å². The Morgan fingerprint density at radius 2 is 2.05 bits per heavy atom. The van der Waals surface area contributed by atoms with Gasteiger partial charge in [0, 0.05) is 24.8 Å². The highest BCUT2D eigenvalue weighted by Crippen LogP contribution is 2.35. The molecule has 1 amide bonds. The Kier molecular flexibility index (Phi) is 2.88. The molecule has 20 heavy (non-hydrogen) atoms. The lowest BCUT2D eigenvalue weighted by Crippen LogP contribution is -2.48. The van der Waals surface area contributed by atoms with Gasteiger partial charge < -0.3 is 14.9 Å². The average Bonchev–Trinajstić information content (AvgIpc) is 2.97. The van der Waals surface area contributed by atoms with E-state index in [0.717, 1.165) is 6.42 Å². The van der Waals surface area contributed by atoms with Crippen molar-refractivity contribution in [1.82, 2.24) is 4.90 Å². The molecule has 2 bridgehead atoms. The number of rotatable bonds is 2. The van der Waals surface area contributed by atoms with E-state index in [4.69, 9.17) is 5.11 Å². The van der Waals surface area contributed by atoms with Gasteiger partial charge in [0.05, 0.1) is 11.6 Å². The van der Waals surface area contributed by atoms with Gasteiger partial charge in [-0.1, -0.05) is 0 Å². The van der Waals surface area contributed by atoms with Crippen LogP contribution in [0.3, 0.4) is 0 Å². The van der Waals surface area contributed by atoms with Crippen molar-refractivity contribution in [3.8, 4) is 0 Å². The van der Waals surface area contributed by atoms with Gasteiger partial charge >= 0.3 is 6.09 Å². The molecule has 2 aliphatic heterocycles. The van der Waals surface area contributed by atoms with E-state index in [1.54, 1.807) is 6.07 Å². The summed E-state index contributed by atoms with van der Waals surface area (Å²) in [6.07, 6.45) is -0.113. The second-order valence-corrected chi connectivity index (χ2v) is 5.35. The molecular weight excluding hydrogens is 263 g/mol. The summed E-state index contributed by atoms with van der Waals surface area (Å²) in [5.74, 6) is -0.818. The number of halogens is 1. The Morgan fingerprint density at radius 3 is 2.55 bits per heavy atom. The average molecular weight is 278 g/mol. The molecule has 1 aromatic rings. The number of benzene rings is 1. The lowest BCUT2D eigenvalue weighted by Gasteiger charge is -2.34. The molecule has 2 fully saturated rings. The van der Waals surface area contributed by atoms with Crippen LogP contribution in [-0.4, -0.2) is 47.1 Å². The highest BCUT2D eigenvalue weighted by molar-refractivity contribution is 5.94. The third-order valence-electron chi connectivity index (χ3n) is 4.15. The first-order chi connectivity index (χ1) is 9.47. The minimum Gasteiger partial charge on any atom is -0.465 e. The quantitative estimate of drug-likeness (QED) is 0.840. The van der Waals surface area contributed by atoms with E-state index < -0.39 is 11.9 Å². The molecule has 3 rings (SSSR count). The molecule has 2 heterocycles. The summed E-state index contributed by atoms with van der Waals surface area (Å²) in [4.78, 5) is 25.7. The predicted octanol–water partition coefficient (Wildman–Crippen LogP) is 1.97. The van der Waals surface area contributed by atoms with Crippen LogP contribution in [0.2, 0.25) is 0 Å². The first-order valence-electron chi connectivity index (χ1n) is 6.54. The molecule has 1 N–H and O–H groups in total. The number of piperazine rings is 1. The minimum absolute atomic E-state index is 0.0203. The maximum atomic E-state index is 13.8. The molecule has 1 aromatic carbocycles. The summed E-state index contributed by atoms with van der Waals surface area (Å²) in [7, 11) is 0. The number of fused-ring (bicyclic) bond motifs is 2. The predicted molar refractivity (Wildman–Crippen MR) is 70.7 cm³/mol. The van der Waals surface area contributed by atoms with Gasteiger partial charge in [-0.25, -0.2) is 9.18 Å². The smallest absolute Gasteiger partial charge is 0.407 e. The summed E-state index contributed by atoms with van der Waals surface area (Å²) in [6, 6.07) is 4.66. The largest absolute Gasteiger partial charge is 0.465 e. The number of nitrogens with zero attached hydrogens (tertiary/aromatic N) is 2. The summed E-state index contributed by atoms with van der Waals surface area (Å²) < 4.78 is 13.8. The van der Waals surface area contributed by atoms with Gasteiger partial charge in [0.2, 0.25) is 0 Å². The van der Waals surface area contributed by atoms with Gasteiger partial charge in [0.25, 0.3) is 0 Å². The van der Waals surface area contributed by atoms with Crippen LogP contribution in [0.1, 0.15) is 23.7 Å². The first-order valence-corrected chi connectivity index (χ1v) is 6.54. The summed E-state index contributed by atoms with van der Waals surface area (Å²) in [6.45, 7) is 2.37. The minimum atomic E-state index is -0.893. The van der Waals surface area contributed by atoms with Crippen molar-refractivity contribution < 1.29 is 19.1 Å². The number of amides is 1. The van der Waals surface area contributed by atoms with E-state index in [-0.39, 0.29) is 23.4 Å². The zero-order chi connectivity index (χ0) is 14.4. The summed E-state index contributed by atoms with van der Waals surface area (Å²) in [5, 5.41) is 9.04. The molecule has 2 aliphatic rings. The van der Waals surface area contributed by atoms with Crippen LogP contribution in [0.4, 0.5) is 14.9 Å². The number of hydrogen-bond donors (Lipinski definition) is 1.